The highest BCUT2D eigenvalue weighted by molar-refractivity contribution is 7.22. The van der Waals surface area contributed by atoms with Crippen molar-refractivity contribution in [1.29, 1.82) is 0 Å². The largest absolute Gasteiger partial charge is 0.450 e. The minimum absolute atomic E-state index is 0.136. The number of rotatable bonds is 5. The van der Waals surface area contributed by atoms with Gasteiger partial charge in [0.05, 0.1) is 29.8 Å². The zero-order chi connectivity index (χ0) is 23.7. The zero-order valence-electron chi connectivity index (χ0n) is 18.5. The molecule has 0 bridgehead atoms. The molecule has 0 saturated carbocycles. The fourth-order valence-corrected chi connectivity index (χ4v) is 6.42. The van der Waals surface area contributed by atoms with Crippen molar-refractivity contribution in [3.05, 3.63) is 70.4 Å². The van der Waals surface area contributed by atoms with Gasteiger partial charge in [0, 0.05) is 17.0 Å². The van der Waals surface area contributed by atoms with E-state index in [1.165, 1.54) is 23.5 Å². The molecule has 1 N–H and O–H groups in total. The van der Waals surface area contributed by atoms with Gasteiger partial charge >= 0.3 is 6.09 Å². The van der Waals surface area contributed by atoms with E-state index >= 15 is 0 Å². The summed E-state index contributed by atoms with van der Waals surface area (Å²) in [6, 6.07) is 13.9. The second-order valence-electron chi connectivity index (χ2n) is 7.92. The Morgan fingerprint density at radius 2 is 1.94 bits per heavy atom. The second kappa shape index (κ2) is 9.52. The van der Waals surface area contributed by atoms with Crippen molar-refractivity contribution in [2.75, 3.05) is 18.5 Å². The average Bonchev–Trinajstić information content (AvgIpc) is 3.40. The van der Waals surface area contributed by atoms with E-state index in [9.17, 15) is 14.0 Å². The first-order chi connectivity index (χ1) is 16.5. The fraction of sp³-hybridized carbons (Fsp3) is 0.240. The third-order valence-electron chi connectivity index (χ3n) is 5.62. The first-order valence-corrected chi connectivity index (χ1v) is 12.6. The molecule has 0 spiro atoms. The number of anilines is 1. The molecule has 34 heavy (non-hydrogen) atoms. The van der Waals surface area contributed by atoms with Crippen molar-refractivity contribution >= 4 is 49.9 Å². The van der Waals surface area contributed by atoms with Crippen molar-refractivity contribution in [3.8, 4) is 10.6 Å². The summed E-state index contributed by atoms with van der Waals surface area (Å²) in [4.78, 5) is 32.7. The van der Waals surface area contributed by atoms with E-state index in [4.69, 9.17) is 9.72 Å². The number of ether oxygens (including phenoxy) is 1. The maximum absolute atomic E-state index is 13.2. The van der Waals surface area contributed by atoms with E-state index in [0.29, 0.717) is 26.1 Å². The number of thiophene rings is 1. The predicted molar refractivity (Wildman–Crippen MR) is 133 cm³/mol. The molecule has 0 unspecified atom stereocenters. The maximum atomic E-state index is 13.2. The van der Waals surface area contributed by atoms with Crippen LogP contribution in [0.2, 0.25) is 0 Å². The minimum Gasteiger partial charge on any atom is -0.450 e. The Morgan fingerprint density at radius 1 is 1.15 bits per heavy atom. The molecule has 4 aromatic rings. The highest BCUT2D eigenvalue weighted by atomic mass is 32.1. The third-order valence-corrected chi connectivity index (χ3v) is 7.81. The Morgan fingerprint density at radius 3 is 2.71 bits per heavy atom. The number of carbonyl (C=O) groups is 2. The lowest BCUT2D eigenvalue weighted by Crippen LogP contribution is -2.35. The molecule has 2 aromatic heterocycles. The smallest absolute Gasteiger partial charge is 0.410 e. The lowest BCUT2D eigenvalue weighted by molar-refractivity contribution is -0.115. The van der Waals surface area contributed by atoms with Gasteiger partial charge in [-0.15, -0.1) is 22.7 Å². The van der Waals surface area contributed by atoms with Crippen LogP contribution in [0.25, 0.3) is 20.8 Å². The molecule has 174 valence electrons. The van der Waals surface area contributed by atoms with E-state index in [0.717, 1.165) is 41.8 Å². The van der Waals surface area contributed by atoms with Crippen LogP contribution in [0.1, 0.15) is 22.9 Å². The van der Waals surface area contributed by atoms with Crippen LogP contribution in [0.4, 0.5) is 14.2 Å². The van der Waals surface area contributed by atoms with Crippen molar-refractivity contribution in [2.45, 2.75) is 26.3 Å². The van der Waals surface area contributed by atoms with Crippen LogP contribution in [0.3, 0.4) is 0 Å². The fourth-order valence-electron chi connectivity index (χ4n) is 4.03. The number of carbonyl (C=O) groups excluding carboxylic acids is 2. The number of hydrogen-bond acceptors (Lipinski definition) is 6. The van der Waals surface area contributed by atoms with Gasteiger partial charge in [-0.2, -0.15) is 0 Å². The summed E-state index contributed by atoms with van der Waals surface area (Å²) in [7, 11) is 0. The highest BCUT2D eigenvalue weighted by Crippen LogP contribution is 2.45. The maximum Gasteiger partial charge on any atom is 0.410 e. The van der Waals surface area contributed by atoms with Crippen LogP contribution in [0.5, 0.6) is 0 Å². The number of amides is 2. The molecular formula is C25H22FN3O3S2. The average molecular weight is 496 g/mol. The number of benzene rings is 2. The number of para-hydroxylation sites is 1. The molecule has 3 heterocycles. The summed E-state index contributed by atoms with van der Waals surface area (Å²) < 4.78 is 19.5. The van der Waals surface area contributed by atoms with Crippen LogP contribution in [-0.4, -0.2) is 35.0 Å². The Kier molecular flexibility index (Phi) is 6.30. The molecule has 5 rings (SSSR count). The quantitative estimate of drug-likeness (QED) is 0.376. The minimum atomic E-state index is -0.334. The number of fused-ring (bicyclic) bond motifs is 2. The molecule has 2 aromatic carbocycles. The van der Waals surface area contributed by atoms with Crippen molar-refractivity contribution in [1.82, 2.24) is 9.88 Å². The van der Waals surface area contributed by atoms with Gasteiger partial charge in [0.15, 0.2) is 0 Å². The van der Waals surface area contributed by atoms with Crippen molar-refractivity contribution < 1.29 is 18.7 Å². The summed E-state index contributed by atoms with van der Waals surface area (Å²) in [5, 5.41) is 4.63. The molecule has 0 atom stereocenters. The summed E-state index contributed by atoms with van der Waals surface area (Å²) >= 11 is 3.06. The first-order valence-electron chi connectivity index (χ1n) is 11.0. The van der Waals surface area contributed by atoms with Gasteiger partial charge in [-0.1, -0.05) is 24.3 Å². The molecule has 0 aliphatic carbocycles. The Labute approximate surface area is 204 Å². The van der Waals surface area contributed by atoms with Gasteiger partial charge in [0.2, 0.25) is 5.91 Å². The molecular weight excluding hydrogens is 473 g/mol. The van der Waals surface area contributed by atoms with Crippen LogP contribution in [0, 0.1) is 5.82 Å². The molecule has 2 amide bonds. The summed E-state index contributed by atoms with van der Waals surface area (Å²) in [6.45, 7) is 3.10. The topological polar surface area (TPSA) is 71.5 Å². The molecule has 9 heteroatoms. The van der Waals surface area contributed by atoms with Crippen molar-refractivity contribution in [2.24, 2.45) is 0 Å². The summed E-state index contributed by atoms with van der Waals surface area (Å²) in [5.41, 5.74) is 3.68. The second-order valence-corrected chi connectivity index (χ2v) is 10.1. The van der Waals surface area contributed by atoms with Crippen LogP contribution in [0.15, 0.2) is 48.5 Å². The van der Waals surface area contributed by atoms with Gasteiger partial charge in [-0.3, -0.25) is 4.79 Å². The zero-order valence-corrected chi connectivity index (χ0v) is 20.1. The highest BCUT2D eigenvalue weighted by Gasteiger charge is 2.30. The number of thiazole rings is 1. The molecule has 6 nitrogen and oxygen atoms in total. The molecule has 1 aliphatic rings. The molecule has 1 aliphatic heterocycles. The van der Waals surface area contributed by atoms with E-state index in [1.54, 1.807) is 35.3 Å². The Balaban J connectivity index is 1.49. The van der Waals surface area contributed by atoms with E-state index in [1.807, 2.05) is 24.3 Å². The molecule has 0 fully saturated rings. The normalized spacial score (nSPS) is 13.1. The van der Waals surface area contributed by atoms with Crippen LogP contribution in [-0.2, 0) is 28.9 Å². The number of nitrogens with zero attached hydrogens (tertiary/aromatic N) is 2. The van der Waals surface area contributed by atoms with Gasteiger partial charge in [-0.25, -0.2) is 14.2 Å². The Bertz CT molecular complexity index is 1330. The summed E-state index contributed by atoms with van der Waals surface area (Å²) in [6.07, 6.45) is 0.464. The number of nitrogens with one attached hydrogen (secondary N) is 1. The molecule has 0 radical (unpaired) electrons. The third kappa shape index (κ3) is 4.53. The number of aromatic nitrogens is 1. The van der Waals surface area contributed by atoms with Gasteiger partial charge in [0.1, 0.15) is 15.8 Å². The lowest BCUT2D eigenvalue weighted by atomic mass is 10.0. The lowest BCUT2D eigenvalue weighted by Gasteiger charge is -2.26. The molecule has 0 saturated heterocycles. The van der Waals surface area contributed by atoms with E-state index in [2.05, 4.69) is 5.32 Å². The van der Waals surface area contributed by atoms with E-state index < -0.39 is 0 Å². The van der Waals surface area contributed by atoms with Crippen molar-refractivity contribution in [3.63, 3.8) is 0 Å². The van der Waals surface area contributed by atoms with Crippen LogP contribution < -0.4 is 5.32 Å². The monoisotopic (exact) mass is 495 g/mol. The van der Waals surface area contributed by atoms with Gasteiger partial charge in [0.25, 0.3) is 0 Å². The van der Waals surface area contributed by atoms with Crippen LogP contribution >= 0.6 is 22.7 Å². The first kappa shape index (κ1) is 22.5. The Hall–Kier alpha value is -3.30. The van der Waals surface area contributed by atoms with Gasteiger partial charge < -0.3 is 15.0 Å². The van der Waals surface area contributed by atoms with Gasteiger partial charge in [-0.05, 0) is 48.7 Å². The number of hydrogen-bond donors (Lipinski definition) is 1. The van der Waals surface area contributed by atoms with E-state index in [-0.39, 0.29) is 24.2 Å². The number of halogens is 1. The predicted octanol–water partition coefficient (Wildman–Crippen LogP) is 5.86. The standard InChI is InChI=1S/C25H22FN3O3S2/c1-2-32-25(31)29-12-11-17-20(14-29)34-24(28-21(30)13-15-7-9-16(26)10-8-15)22(17)23-27-18-5-3-4-6-19(18)33-23/h3-10H,2,11-14H2,1H3,(H,28,30). The SMILES string of the molecule is CCOC(=O)N1CCc2c(sc(NC(=O)Cc3ccc(F)cc3)c2-c2nc3ccccc3s2)C1. The summed E-state index contributed by atoms with van der Waals surface area (Å²) in [5.74, 6) is -0.519.